The Morgan fingerprint density at radius 1 is 1.32 bits per heavy atom. The number of rotatable bonds is 2. The Morgan fingerprint density at radius 3 is 2.58 bits per heavy atom. The average Bonchev–Trinajstić information content (AvgIpc) is 2.78. The third kappa shape index (κ3) is 2.65. The maximum absolute atomic E-state index is 12.4. The van der Waals surface area contributed by atoms with Crippen LogP contribution >= 0.6 is 15.9 Å². The minimum absolute atomic E-state index is 0.0143. The number of hydrogen-bond donors (Lipinski definition) is 0. The van der Waals surface area contributed by atoms with Crippen molar-refractivity contribution in [2.75, 3.05) is 16.8 Å². The summed E-state index contributed by atoms with van der Waals surface area (Å²) in [5.74, 6) is -2.02. The van der Waals surface area contributed by atoms with Crippen molar-refractivity contribution in [3.63, 3.8) is 0 Å². The largest absolute Gasteiger partial charge is 0.471 e. The smallest absolute Gasteiger partial charge is 0.304 e. The van der Waals surface area contributed by atoms with E-state index in [0.717, 1.165) is 0 Å². The van der Waals surface area contributed by atoms with Gasteiger partial charge in [0.05, 0.1) is 5.33 Å². The van der Waals surface area contributed by atoms with E-state index in [9.17, 15) is 22.8 Å². The first kappa shape index (κ1) is 14.0. The maximum atomic E-state index is 12.4. The van der Waals surface area contributed by atoms with Gasteiger partial charge in [-0.15, -0.1) is 0 Å². The molecule has 3 nitrogen and oxygen atoms in total. The molecular formula is C12H9BrF3NO2. The van der Waals surface area contributed by atoms with E-state index in [0.29, 0.717) is 22.4 Å². The lowest BCUT2D eigenvalue weighted by molar-refractivity contribution is -0.170. The molecule has 0 bridgehead atoms. The van der Waals surface area contributed by atoms with Gasteiger partial charge in [0.15, 0.2) is 5.78 Å². The lowest BCUT2D eigenvalue weighted by Crippen LogP contribution is -2.40. The molecule has 2 rings (SSSR count). The fourth-order valence-electron chi connectivity index (χ4n) is 2.02. The van der Waals surface area contributed by atoms with Crippen molar-refractivity contribution in [2.45, 2.75) is 12.6 Å². The number of ketones is 1. The Bertz CT molecular complexity index is 542. The molecule has 0 aliphatic carbocycles. The van der Waals surface area contributed by atoms with Crippen LogP contribution in [0.2, 0.25) is 0 Å². The molecule has 0 spiro atoms. The van der Waals surface area contributed by atoms with E-state index in [1.807, 2.05) is 0 Å². The molecule has 0 N–H and O–H groups in total. The lowest BCUT2D eigenvalue weighted by atomic mass is 10.1. The zero-order valence-electron chi connectivity index (χ0n) is 9.63. The van der Waals surface area contributed by atoms with Gasteiger partial charge >= 0.3 is 12.1 Å². The fourth-order valence-corrected chi connectivity index (χ4v) is 2.34. The monoisotopic (exact) mass is 335 g/mol. The Balaban J connectivity index is 2.32. The van der Waals surface area contributed by atoms with Crippen LogP contribution in [0.4, 0.5) is 18.9 Å². The molecule has 0 aromatic heterocycles. The van der Waals surface area contributed by atoms with Gasteiger partial charge in [0.25, 0.3) is 0 Å². The summed E-state index contributed by atoms with van der Waals surface area (Å²) in [5, 5.41) is 0.150. The quantitative estimate of drug-likeness (QED) is 0.615. The molecule has 1 heterocycles. The Morgan fingerprint density at radius 2 is 2.00 bits per heavy atom. The number of benzene rings is 1. The highest BCUT2D eigenvalue weighted by molar-refractivity contribution is 9.09. The number of fused-ring (bicyclic) bond motifs is 1. The second kappa shape index (κ2) is 4.96. The summed E-state index contributed by atoms with van der Waals surface area (Å²) >= 11 is 3.03. The molecule has 0 saturated carbocycles. The fraction of sp³-hybridized carbons (Fsp3) is 0.333. The lowest BCUT2D eigenvalue weighted by Gasteiger charge is -2.18. The van der Waals surface area contributed by atoms with Gasteiger partial charge in [-0.2, -0.15) is 13.2 Å². The van der Waals surface area contributed by atoms with E-state index in [1.54, 1.807) is 6.07 Å². The molecule has 19 heavy (non-hydrogen) atoms. The van der Waals surface area contributed by atoms with E-state index in [2.05, 4.69) is 15.9 Å². The van der Waals surface area contributed by atoms with Crippen molar-refractivity contribution < 1.29 is 22.8 Å². The van der Waals surface area contributed by atoms with Gasteiger partial charge in [0.2, 0.25) is 0 Å². The molecule has 1 amide bonds. The Kier molecular flexibility index (Phi) is 3.66. The summed E-state index contributed by atoms with van der Waals surface area (Å²) in [4.78, 5) is 23.4. The van der Waals surface area contributed by atoms with E-state index >= 15 is 0 Å². The standard InChI is InChI=1S/C12H9BrF3NO2/c13-6-10(18)8-1-2-9-7(5-8)3-4-17(9)11(19)12(14,15)16/h1-2,5H,3-4,6H2. The molecule has 1 aliphatic heterocycles. The number of alkyl halides is 4. The highest BCUT2D eigenvalue weighted by Gasteiger charge is 2.44. The third-order valence-electron chi connectivity index (χ3n) is 2.91. The van der Waals surface area contributed by atoms with Crippen molar-refractivity contribution in [1.29, 1.82) is 0 Å². The molecular weight excluding hydrogens is 327 g/mol. The first-order valence-electron chi connectivity index (χ1n) is 5.45. The van der Waals surface area contributed by atoms with E-state index in [4.69, 9.17) is 0 Å². The van der Waals surface area contributed by atoms with Gasteiger partial charge in [-0.25, -0.2) is 0 Å². The number of anilines is 1. The summed E-state index contributed by atoms with van der Waals surface area (Å²) in [6, 6.07) is 4.37. The maximum Gasteiger partial charge on any atom is 0.471 e. The molecule has 1 aliphatic rings. The number of hydrogen-bond acceptors (Lipinski definition) is 2. The topological polar surface area (TPSA) is 37.4 Å². The van der Waals surface area contributed by atoms with Gasteiger partial charge < -0.3 is 4.90 Å². The third-order valence-corrected chi connectivity index (χ3v) is 3.42. The Hall–Kier alpha value is -1.37. The van der Waals surface area contributed by atoms with Crippen molar-refractivity contribution in [3.05, 3.63) is 29.3 Å². The number of Topliss-reactive ketones (excluding diaryl/α,β-unsaturated/α-hetero) is 1. The van der Waals surface area contributed by atoms with Gasteiger partial charge in [0.1, 0.15) is 0 Å². The molecule has 1 aromatic carbocycles. The molecule has 0 radical (unpaired) electrons. The summed E-state index contributed by atoms with van der Waals surface area (Å²) in [5.41, 5.74) is 1.25. The van der Waals surface area contributed by atoms with E-state index in [1.165, 1.54) is 12.1 Å². The molecule has 0 unspecified atom stereocenters. The molecule has 0 atom stereocenters. The number of amides is 1. The molecule has 7 heteroatoms. The van der Waals surface area contributed by atoms with E-state index in [-0.39, 0.29) is 23.3 Å². The first-order chi connectivity index (χ1) is 8.84. The SMILES string of the molecule is O=C(CBr)c1ccc2c(c1)CCN2C(=O)C(F)(F)F. The number of carbonyl (C=O) groups excluding carboxylic acids is 2. The van der Waals surface area contributed by atoms with Crippen LogP contribution in [-0.2, 0) is 11.2 Å². The van der Waals surface area contributed by atoms with Crippen molar-refractivity contribution in [2.24, 2.45) is 0 Å². The van der Waals surface area contributed by atoms with Crippen LogP contribution in [0.1, 0.15) is 15.9 Å². The number of nitrogens with zero attached hydrogens (tertiary/aromatic N) is 1. The minimum Gasteiger partial charge on any atom is -0.304 e. The summed E-state index contributed by atoms with van der Waals surface area (Å²) < 4.78 is 37.2. The molecule has 0 fully saturated rings. The second-order valence-electron chi connectivity index (χ2n) is 4.10. The van der Waals surface area contributed by atoms with Crippen molar-refractivity contribution >= 4 is 33.3 Å². The predicted octanol–water partition coefficient (Wildman–Crippen LogP) is 2.72. The molecule has 1 aromatic rings. The molecule has 102 valence electrons. The minimum atomic E-state index is -4.88. The van der Waals surface area contributed by atoms with Gasteiger partial charge in [-0.05, 0) is 30.2 Å². The summed E-state index contributed by atoms with van der Waals surface area (Å²) in [7, 11) is 0. The number of halogens is 4. The normalized spacial score (nSPS) is 14.4. The van der Waals surface area contributed by atoms with Gasteiger partial charge in [0, 0.05) is 17.8 Å². The second-order valence-corrected chi connectivity index (χ2v) is 4.67. The van der Waals surface area contributed by atoms with Crippen LogP contribution in [-0.4, -0.2) is 29.7 Å². The van der Waals surface area contributed by atoms with Crippen LogP contribution in [0.5, 0.6) is 0 Å². The van der Waals surface area contributed by atoms with Crippen LogP contribution in [0, 0.1) is 0 Å². The molecule has 0 saturated heterocycles. The Labute approximate surface area is 115 Å². The van der Waals surface area contributed by atoms with Crippen LogP contribution in [0.15, 0.2) is 18.2 Å². The van der Waals surface area contributed by atoms with Gasteiger partial charge in [-0.3, -0.25) is 9.59 Å². The summed E-state index contributed by atoms with van der Waals surface area (Å²) in [6.07, 6.45) is -4.56. The van der Waals surface area contributed by atoms with Crippen LogP contribution in [0.25, 0.3) is 0 Å². The first-order valence-corrected chi connectivity index (χ1v) is 6.57. The predicted molar refractivity (Wildman–Crippen MR) is 66.7 cm³/mol. The average molecular weight is 336 g/mol. The summed E-state index contributed by atoms with van der Waals surface area (Å²) in [6.45, 7) is -0.0143. The van der Waals surface area contributed by atoms with Crippen molar-refractivity contribution in [1.82, 2.24) is 0 Å². The number of carbonyl (C=O) groups is 2. The van der Waals surface area contributed by atoms with Crippen LogP contribution < -0.4 is 4.90 Å². The van der Waals surface area contributed by atoms with Crippen LogP contribution in [0.3, 0.4) is 0 Å². The van der Waals surface area contributed by atoms with Gasteiger partial charge in [-0.1, -0.05) is 15.9 Å². The zero-order valence-corrected chi connectivity index (χ0v) is 11.2. The van der Waals surface area contributed by atoms with Crippen molar-refractivity contribution in [3.8, 4) is 0 Å². The zero-order chi connectivity index (χ0) is 14.2. The highest BCUT2D eigenvalue weighted by Crippen LogP contribution is 2.32. The highest BCUT2D eigenvalue weighted by atomic mass is 79.9. The van der Waals surface area contributed by atoms with E-state index < -0.39 is 12.1 Å².